The van der Waals surface area contributed by atoms with Gasteiger partial charge in [0.05, 0.1) is 16.4 Å². The summed E-state index contributed by atoms with van der Waals surface area (Å²) in [4.78, 5) is 22.8. The molecule has 0 saturated carbocycles. The molecule has 21 heavy (non-hydrogen) atoms. The number of nitrogen functional groups attached to an aromatic ring is 1. The molecule has 1 heterocycles. The highest BCUT2D eigenvalue weighted by Gasteiger charge is 2.16. The number of para-hydroxylation sites is 1. The van der Waals surface area contributed by atoms with Gasteiger partial charge in [-0.3, -0.25) is 10.1 Å². The summed E-state index contributed by atoms with van der Waals surface area (Å²) < 4.78 is 5.30. The molecule has 2 rings (SSSR count). The van der Waals surface area contributed by atoms with E-state index in [2.05, 4.69) is 15.0 Å². The molecule has 0 atom stereocenters. The minimum Gasteiger partial charge on any atom is -0.463 e. The third-order valence-electron chi connectivity index (χ3n) is 2.31. The monoisotopic (exact) mass is 307 g/mol. The topological polar surface area (TPSA) is 117 Å². The van der Waals surface area contributed by atoms with E-state index in [-0.39, 0.29) is 22.8 Å². The Kier molecular flexibility index (Phi) is 4.88. The molecule has 0 radical (unpaired) electrons. The predicted octanol–water partition coefficient (Wildman–Crippen LogP) is 2.30. The second-order valence-corrected chi connectivity index (χ2v) is 4.94. The van der Waals surface area contributed by atoms with Crippen molar-refractivity contribution in [1.82, 2.24) is 15.0 Å². The molecule has 1 aromatic heterocycles. The molecule has 0 aliphatic heterocycles. The Morgan fingerprint density at radius 2 is 2.10 bits per heavy atom. The molecule has 1 aromatic carbocycles. The van der Waals surface area contributed by atoms with E-state index in [4.69, 9.17) is 10.5 Å². The zero-order chi connectivity index (χ0) is 15.2. The molecule has 0 bridgehead atoms. The van der Waals surface area contributed by atoms with E-state index >= 15 is 0 Å². The lowest BCUT2D eigenvalue weighted by molar-refractivity contribution is -0.387. The van der Waals surface area contributed by atoms with Crippen LogP contribution < -0.4 is 10.5 Å². The number of nitrogens with zero attached hydrogens (tertiary/aromatic N) is 4. The number of benzene rings is 1. The van der Waals surface area contributed by atoms with Gasteiger partial charge in [-0.25, -0.2) is 0 Å². The second-order valence-electron chi connectivity index (χ2n) is 3.93. The summed E-state index contributed by atoms with van der Waals surface area (Å²) in [5.74, 6) is 0.0113. The van der Waals surface area contributed by atoms with Crippen LogP contribution in [0.25, 0.3) is 0 Å². The Bertz CT molecular complexity index is 653. The fraction of sp³-hybridized carbons (Fsp3) is 0.250. The Balaban J connectivity index is 2.27. The summed E-state index contributed by atoms with van der Waals surface area (Å²) in [5.41, 5.74) is 5.58. The molecule has 0 fully saturated rings. The van der Waals surface area contributed by atoms with Gasteiger partial charge in [-0.1, -0.05) is 19.1 Å². The van der Waals surface area contributed by atoms with E-state index < -0.39 is 4.92 Å². The van der Waals surface area contributed by atoms with E-state index in [1.807, 2.05) is 6.92 Å². The Hall–Kier alpha value is -2.42. The molecule has 0 amide bonds. The number of nitro benzene ring substituents is 1. The minimum atomic E-state index is -0.457. The molecule has 2 aromatic rings. The van der Waals surface area contributed by atoms with Gasteiger partial charge in [-0.2, -0.15) is 15.0 Å². The van der Waals surface area contributed by atoms with Gasteiger partial charge in [0.25, 0.3) is 5.69 Å². The van der Waals surface area contributed by atoms with E-state index in [0.29, 0.717) is 11.5 Å². The Morgan fingerprint density at radius 1 is 1.33 bits per heavy atom. The lowest BCUT2D eigenvalue weighted by Crippen LogP contribution is -2.05. The van der Waals surface area contributed by atoms with Crippen LogP contribution in [0.5, 0.6) is 6.01 Å². The average molecular weight is 307 g/mol. The summed E-state index contributed by atoms with van der Waals surface area (Å²) in [6, 6.07) is 6.45. The second kappa shape index (κ2) is 6.84. The molecule has 0 aliphatic rings. The fourth-order valence-electron chi connectivity index (χ4n) is 1.45. The largest absolute Gasteiger partial charge is 0.463 e. The zero-order valence-electron chi connectivity index (χ0n) is 11.2. The minimum absolute atomic E-state index is 0.0113. The maximum Gasteiger partial charge on any atom is 0.322 e. The van der Waals surface area contributed by atoms with Gasteiger partial charge in [0.15, 0.2) is 0 Å². The maximum atomic E-state index is 11.0. The summed E-state index contributed by atoms with van der Waals surface area (Å²) in [6.07, 6.45) is 0.804. The summed E-state index contributed by atoms with van der Waals surface area (Å²) in [5, 5.41) is 11.2. The zero-order valence-corrected chi connectivity index (χ0v) is 12.0. The van der Waals surface area contributed by atoms with Crippen molar-refractivity contribution < 1.29 is 9.66 Å². The van der Waals surface area contributed by atoms with E-state index in [1.54, 1.807) is 18.2 Å². The van der Waals surface area contributed by atoms with E-state index in [9.17, 15) is 10.1 Å². The number of anilines is 1. The molecule has 0 unspecified atom stereocenters. The normalized spacial score (nSPS) is 10.3. The molecular weight excluding hydrogens is 294 g/mol. The predicted molar refractivity (Wildman–Crippen MR) is 77.2 cm³/mol. The maximum absolute atomic E-state index is 11.0. The first-order valence-electron chi connectivity index (χ1n) is 6.15. The first-order chi connectivity index (χ1) is 10.1. The Morgan fingerprint density at radius 3 is 2.81 bits per heavy atom. The van der Waals surface area contributed by atoms with Crippen LogP contribution in [0, 0.1) is 10.1 Å². The smallest absolute Gasteiger partial charge is 0.322 e. The standard InChI is InChI=1S/C12H13N5O3S/c1-2-7-20-11-14-10(13)15-12(16-11)21-9-6-4-3-5-8(9)17(18)19/h3-6H,2,7H2,1H3,(H2,13,14,15,16). The summed E-state index contributed by atoms with van der Waals surface area (Å²) in [6.45, 7) is 2.41. The van der Waals surface area contributed by atoms with Gasteiger partial charge in [-0.15, -0.1) is 0 Å². The van der Waals surface area contributed by atoms with Gasteiger partial charge in [0.2, 0.25) is 11.1 Å². The van der Waals surface area contributed by atoms with Crippen molar-refractivity contribution in [2.75, 3.05) is 12.3 Å². The number of ether oxygens (including phenoxy) is 1. The van der Waals surface area contributed by atoms with Crippen LogP contribution in [-0.2, 0) is 0 Å². The first-order valence-corrected chi connectivity index (χ1v) is 6.97. The van der Waals surface area contributed by atoms with Crippen LogP contribution in [0.3, 0.4) is 0 Å². The summed E-state index contributed by atoms with van der Waals surface area (Å²) in [7, 11) is 0. The average Bonchev–Trinajstić information content (AvgIpc) is 2.45. The molecule has 2 N–H and O–H groups in total. The Labute approximate surface area is 124 Å². The number of aromatic nitrogens is 3. The lowest BCUT2D eigenvalue weighted by Gasteiger charge is -2.05. The number of hydrogen-bond donors (Lipinski definition) is 1. The molecule has 110 valence electrons. The van der Waals surface area contributed by atoms with Crippen LogP contribution in [0.15, 0.2) is 34.3 Å². The SMILES string of the molecule is CCCOc1nc(N)nc(Sc2ccccc2[N+](=O)[O-])n1. The van der Waals surface area contributed by atoms with Crippen molar-refractivity contribution in [3.8, 4) is 6.01 Å². The van der Waals surface area contributed by atoms with Crippen molar-refractivity contribution >= 4 is 23.4 Å². The number of rotatable bonds is 6. The van der Waals surface area contributed by atoms with Crippen LogP contribution in [0.2, 0.25) is 0 Å². The molecule has 0 saturated heterocycles. The van der Waals surface area contributed by atoms with Gasteiger partial charge < -0.3 is 10.5 Å². The van der Waals surface area contributed by atoms with Crippen LogP contribution >= 0.6 is 11.8 Å². The van der Waals surface area contributed by atoms with Gasteiger partial charge in [0.1, 0.15) is 0 Å². The van der Waals surface area contributed by atoms with Crippen LogP contribution in [0.1, 0.15) is 13.3 Å². The van der Waals surface area contributed by atoms with E-state index in [0.717, 1.165) is 18.2 Å². The van der Waals surface area contributed by atoms with Crippen molar-refractivity contribution in [1.29, 1.82) is 0 Å². The molecule has 0 aliphatic carbocycles. The highest BCUT2D eigenvalue weighted by molar-refractivity contribution is 7.99. The number of hydrogen-bond acceptors (Lipinski definition) is 8. The van der Waals surface area contributed by atoms with Crippen molar-refractivity contribution in [2.24, 2.45) is 0 Å². The molecular formula is C12H13N5O3S. The molecule has 8 nitrogen and oxygen atoms in total. The van der Waals surface area contributed by atoms with Gasteiger partial charge >= 0.3 is 6.01 Å². The first kappa shape index (κ1) is 15.0. The number of nitro groups is 1. The molecule has 9 heteroatoms. The van der Waals surface area contributed by atoms with E-state index in [1.165, 1.54) is 6.07 Å². The lowest BCUT2D eigenvalue weighted by atomic mass is 10.3. The number of nitrogens with two attached hydrogens (primary N) is 1. The van der Waals surface area contributed by atoms with Gasteiger partial charge in [-0.05, 0) is 24.2 Å². The quantitative estimate of drug-likeness (QED) is 0.638. The summed E-state index contributed by atoms with van der Waals surface area (Å²) >= 11 is 1.04. The van der Waals surface area contributed by atoms with Crippen molar-refractivity contribution in [3.05, 3.63) is 34.4 Å². The van der Waals surface area contributed by atoms with Crippen molar-refractivity contribution in [2.45, 2.75) is 23.4 Å². The third-order valence-corrected chi connectivity index (χ3v) is 3.24. The highest BCUT2D eigenvalue weighted by atomic mass is 32.2. The third kappa shape index (κ3) is 4.02. The highest BCUT2D eigenvalue weighted by Crippen LogP contribution is 2.33. The van der Waals surface area contributed by atoms with Crippen LogP contribution in [-0.4, -0.2) is 26.5 Å². The van der Waals surface area contributed by atoms with Crippen LogP contribution in [0.4, 0.5) is 11.6 Å². The van der Waals surface area contributed by atoms with Crippen molar-refractivity contribution in [3.63, 3.8) is 0 Å². The van der Waals surface area contributed by atoms with Gasteiger partial charge in [0, 0.05) is 6.07 Å². The molecule has 0 spiro atoms. The fourth-order valence-corrected chi connectivity index (χ4v) is 2.30.